The Morgan fingerprint density at radius 2 is 1.92 bits per heavy atom. The lowest BCUT2D eigenvalue weighted by atomic mass is 9.96. The van der Waals surface area contributed by atoms with E-state index in [0.717, 1.165) is 0 Å². The molecule has 0 N–H and O–H groups in total. The lowest BCUT2D eigenvalue weighted by Crippen LogP contribution is -2.39. The number of ether oxygens (including phenoxy) is 2. The fourth-order valence-corrected chi connectivity index (χ4v) is 4.90. The zero-order valence-electron chi connectivity index (χ0n) is 19.7. The Hall–Kier alpha value is -4.31. The normalized spacial score (nSPS) is 15.2. The maximum atomic E-state index is 13.6. The summed E-state index contributed by atoms with van der Waals surface area (Å²) in [7, 11) is 0. The van der Waals surface area contributed by atoms with E-state index in [1.54, 1.807) is 62.4 Å². The van der Waals surface area contributed by atoms with E-state index in [1.807, 2.05) is 0 Å². The number of nitrogens with zero attached hydrogens (tertiary/aromatic N) is 3. The molecule has 3 aromatic rings. The van der Waals surface area contributed by atoms with Gasteiger partial charge in [-0.25, -0.2) is 9.79 Å². The first-order valence-electron chi connectivity index (χ1n) is 11.1. The Morgan fingerprint density at radius 1 is 1.22 bits per heavy atom. The summed E-state index contributed by atoms with van der Waals surface area (Å²) >= 11 is 1.18. The second-order valence-electron chi connectivity index (χ2n) is 7.82. The van der Waals surface area contributed by atoms with Gasteiger partial charge in [0.25, 0.3) is 11.2 Å². The van der Waals surface area contributed by atoms with Crippen molar-refractivity contribution in [1.29, 1.82) is 0 Å². The number of nitro benzene ring substituents is 1. The predicted octanol–water partition coefficient (Wildman–Crippen LogP) is 3.27. The minimum Gasteiger partial charge on any atom is -0.490 e. The van der Waals surface area contributed by atoms with E-state index in [4.69, 9.17) is 9.47 Å². The first-order chi connectivity index (χ1) is 17.3. The van der Waals surface area contributed by atoms with Gasteiger partial charge in [0.05, 0.1) is 33.4 Å². The first-order valence-corrected chi connectivity index (χ1v) is 11.9. The van der Waals surface area contributed by atoms with Crippen LogP contribution in [0.1, 0.15) is 31.0 Å². The average Bonchev–Trinajstić information content (AvgIpc) is 3.16. The minimum atomic E-state index is -0.743. The highest BCUT2D eigenvalue weighted by Gasteiger charge is 2.33. The summed E-state index contributed by atoms with van der Waals surface area (Å²) in [6.07, 6.45) is 3.29. The van der Waals surface area contributed by atoms with Crippen molar-refractivity contribution < 1.29 is 19.2 Å². The molecule has 2 heterocycles. The molecule has 0 unspecified atom stereocenters. The van der Waals surface area contributed by atoms with Gasteiger partial charge in [0.15, 0.2) is 4.80 Å². The molecule has 0 saturated heterocycles. The van der Waals surface area contributed by atoms with Crippen LogP contribution in [0.4, 0.5) is 5.69 Å². The Kier molecular flexibility index (Phi) is 7.25. The fraction of sp³-hybridized carbons (Fsp3) is 0.192. The topological polar surface area (TPSA) is 113 Å². The third kappa shape index (κ3) is 4.89. The molecular weight excluding hydrogens is 482 g/mol. The second-order valence-corrected chi connectivity index (χ2v) is 8.83. The molecular formula is C26H23N3O6S. The fourth-order valence-electron chi connectivity index (χ4n) is 3.85. The Balaban J connectivity index is 1.85. The van der Waals surface area contributed by atoms with Gasteiger partial charge in [-0.1, -0.05) is 36.1 Å². The van der Waals surface area contributed by atoms with Crippen molar-refractivity contribution in [2.24, 2.45) is 4.99 Å². The molecule has 0 radical (unpaired) electrons. The number of non-ortho nitro benzene ring substituents is 1. The molecule has 0 amide bonds. The molecule has 1 aromatic heterocycles. The molecule has 2 aromatic carbocycles. The second kappa shape index (κ2) is 10.5. The van der Waals surface area contributed by atoms with E-state index in [-0.39, 0.29) is 23.4 Å². The number of benzene rings is 2. The predicted molar refractivity (Wildman–Crippen MR) is 136 cm³/mol. The zero-order valence-corrected chi connectivity index (χ0v) is 20.5. The van der Waals surface area contributed by atoms with Crippen LogP contribution in [-0.2, 0) is 9.53 Å². The van der Waals surface area contributed by atoms with Crippen LogP contribution < -0.4 is 19.6 Å². The smallest absolute Gasteiger partial charge is 0.338 e. The number of nitro groups is 1. The van der Waals surface area contributed by atoms with Crippen molar-refractivity contribution in [2.45, 2.75) is 19.9 Å². The van der Waals surface area contributed by atoms with Gasteiger partial charge >= 0.3 is 5.97 Å². The van der Waals surface area contributed by atoms with E-state index in [1.165, 1.54) is 28.0 Å². The monoisotopic (exact) mass is 505 g/mol. The summed E-state index contributed by atoms with van der Waals surface area (Å²) in [6, 6.07) is 12.3. The van der Waals surface area contributed by atoms with E-state index >= 15 is 0 Å². The van der Waals surface area contributed by atoms with E-state index in [0.29, 0.717) is 38.5 Å². The van der Waals surface area contributed by atoms with Crippen molar-refractivity contribution in [1.82, 2.24) is 4.57 Å². The van der Waals surface area contributed by atoms with E-state index < -0.39 is 16.9 Å². The van der Waals surface area contributed by atoms with Crippen LogP contribution >= 0.6 is 11.3 Å². The van der Waals surface area contributed by atoms with Crippen LogP contribution in [0.25, 0.3) is 6.08 Å². The highest BCUT2D eigenvalue weighted by molar-refractivity contribution is 7.07. The van der Waals surface area contributed by atoms with Gasteiger partial charge in [0.1, 0.15) is 12.4 Å². The standard InChI is InChI=1S/C26H23N3O6S/c1-4-14-35-20-12-8-18(9-13-20)23-22(25(31)34-5-2)16(3)27-26-28(23)24(30)21(36-26)15-17-6-10-19(11-7-17)29(32)33/h4,6-13,15,23H,1,5,14H2,2-3H3/b21-15-/t23-/m1/s1. The van der Waals surface area contributed by atoms with Gasteiger partial charge in [-0.15, -0.1) is 0 Å². The maximum Gasteiger partial charge on any atom is 0.338 e. The number of hydrogen-bond acceptors (Lipinski definition) is 8. The molecule has 0 fully saturated rings. The van der Waals surface area contributed by atoms with Gasteiger partial charge in [0.2, 0.25) is 0 Å². The quantitative estimate of drug-likeness (QED) is 0.201. The van der Waals surface area contributed by atoms with Crippen LogP contribution in [0.2, 0.25) is 0 Å². The first kappa shape index (κ1) is 24.8. The number of carbonyl (C=O) groups is 1. The molecule has 1 aliphatic heterocycles. The highest BCUT2D eigenvalue weighted by atomic mass is 32.1. The van der Waals surface area contributed by atoms with Crippen LogP contribution in [0.5, 0.6) is 5.75 Å². The third-order valence-electron chi connectivity index (χ3n) is 5.48. The Labute approximate surface area is 210 Å². The summed E-state index contributed by atoms with van der Waals surface area (Å²) in [5.74, 6) is 0.0861. The van der Waals surface area contributed by atoms with Crippen molar-refractivity contribution in [2.75, 3.05) is 13.2 Å². The number of allylic oxidation sites excluding steroid dienone is 1. The summed E-state index contributed by atoms with van der Waals surface area (Å²) < 4.78 is 12.7. The molecule has 0 saturated carbocycles. The van der Waals surface area contributed by atoms with Crippen molar-refractivity contribution in [3.8, 4) is 5.75 Å². The van der Waals surface area contributed by atoms with Gasteiger partial charge in [-0.05, 0) is 55.3 Å². The number of hydrogen-bond donors (Lipinski definition) is 0. The Morgan fingerprint density at radius 3 is 2.53 bits per heavy atom. The van der Waals surface area contributed by atoms with Crippen LogP contribution in [0, 0.1) is 10.1 Å². The van der Waals surface area contributed by atoms with E-state index in [9.17, 15) is 19.7 Å². The van der Waals surface area contributed by atoms with Gasteiger partial charge in [-0.3, -0.25) is 19.5 Å². The average molecular weight is 506 g/mol. The summed E-state index contributed by atoms with van der Waals surface area (Å²) in [5, 5.41) is 10.9. The Bertz CT molecular complexity index is 1530. The van der Waals surface area contributed by atoms with Gasteiger partial charge < -0.3 is 9.47 Å². The SMILES string of the molecule is C=CCOc1ccc([C@@H]2C(C(=O)OCC)=C(C)N=c3s/c(=C\c4ccc([N+](=O)[O-])cc4)c(=O)n32)cc1. The summed E-state index contributed by atoms with van der Waals surface area (Å²) in [6.45, 7) is 7.60. The molecule has 9 nitrogen and oxygen atoms in total. The molecule has 0 aliphatic carbocycles. The van der Waals surface area contributed by atoms with Crippen molar-refractivity contribution in [3.63, 3.8) is 0 Å². The molecule has 1 aliphatic rings. The molecule has 0 spiro atoms. The minimum absolute atomic E-state index is 0.0381. The summed E-state index contributed by atoms with van der Waals surface area (Å²) in [4.78, 5) is 42.0. The third-order valence-corrected chi connectivity index (χ3v) is 6.47. The van der Waals surface area contributed by atoms with Crippen molar-refractivity contribution >= 4 is 29.1 Å². The maximum absolute atomic E-state index is 13.6. The number of aromatic nitrogens is 1. The summed E-state index contributed by atoms with van der Waals surface area (Å²) in [5.41, 5.74) is 1.71. The largest absolute Gasteiger partial charge is 0.490 e. The molecule has 1 atom stereocenters. The number of thiazole rings is 1. The molecule has 10 heteroatoms. The molecule has 36 heavy (non-hydrogen) atoms. The molecule has 4 rings (SSSR count). The van der Waals surface area contributed by atoms with Crippen LogP contribution in [0.3, 0.4) is 0 Å². The number of carbonyl (C=O) groups excluding carboxylic acids is 1. The van der Waals surface area contributed by atoms with E-state index in [2.05, 4.69) is 11.6 Å². The van der Waals surface area contributed by atoms with Gasteiger partial charge in [0, 0.05) is 12.1 Å². The number of rotatable bonds is 8. The van der Waals surface area contributed by atoms with Gasteiger partial charge in [-0.2, -0.15) is 0 Å². The number of fused-ring (bicyclic) bond motifs is 1. The van der Waals surface area contributed by atoms with Crippen LogP contribution in [0.15, 0.2) is 82.2 Å². The highest BCUT2D eigenvalue weighted by Crippen LogP contribution is 2.31. The zero-order chi connectivity index (χ0) is 25.8. The lowest BCUT2D eigenvalue weighted by Gasteiger charge is -2.24. The lowest BCUT2D eigenvalue weighted by molar-refractivity contribution is -0.384. The van der Waals surface area contributed by atoms with Crippen molar-refractivity contribution in [3.05, 3.63) is 113 Å². The molecule has 184 valence electrons. The number of esters is 1. The molecule has 0 bridgehead atoms. The van der Waals surface area contributed by atoms with Crippen LogP contribution in [-0.4, -0.2) is 28.7 Å².